The summed E-state index contributed by atoms with van der Waals surface area (Å²) in [6.07, 6.45) is 17.2. The number of esters is 5. The molecular formula is C45H62O10S2. The maximum Gasteiger partial charge on any atom is 0.335 e. The maximum absolute atomic E-state index is 13.5. The molecule has 0 atom stereocenters. The molecule has 1 aromatic carbocycles. The van der Waals surface area contributed by atoms with Crippen LogP contribution in [0.1, 0.15) is 149 Å². The summed E-state index contributed by atoms with van der Waals surface area (Å²) in [5, 5.41) is 0. The molecule has 0 saturated heterocycles. The van der Waals surface area contributed by atoms with Crippen LogP contribution in [0.4, 0.5) is 0 Å². The van der Waals surface area contributed by atoms with Crippen molar-refractivity contribution in [3.05, 3.63) is 21.9 Å². The molecule has 1 aromatic rings. The van der Waals surface area contributed by atoms with Crippen molar-refractivity contribution in [1.29, 1.82) is 0 Å². The van der Waals surface area contributed by atoms with Gasteiger partial charge in [-0.05, 0) is 134 Å². The Morgan fingerprint density at radius 3 is 1.25 bits per heavy atom. The number of rotatable bonds is 13. The van der Waals surface area contributed by atoms with Crippen LogP contribution >= 0.6 is 23.5 Å². The second-order valence-electron chi connectivity index (χ2n) is 17.0. The van der Waals surface area contributed by atoms with Gasteiger partial charge in [-0.3, -0.25) is 19.2 Å². The second-order valence-corrected chi connectivity index (χ2v) is 19.3. The third-order valence-electron chi connectivity index (χ3n) is 13.0. The van der Waals surface area contributed by atoms with Crippen LogP contribution in [0.5, 0.6) is 11.5 Å². The van der Waals surface area contributed by atoms with E-state index >= 15 is 0 Å². The highest BCUT2D eigenvalue weighted by atomic mass is 32.2. The minimum absolute atomic E-state index is 0.0154. The molecule has 4 saturated carbocycles. The van der Waals surface area contributed by atoms with E-state index in [-0.39, 0.29) is 59.8 Å². The first kappa shape index (κ1) is 43.6. The number of carbonyl (C=O) groups is 5. The number of benzene rings is 1. The van der Waals surface area contributed by atoms with E-state index in [2.05, 4.69) is 13.8 Å². The molecule has 0 N–H and O–H groups in total. The Morgan fingerprint density at radius 2 is 0.895 bits per heavy atom. The quantitative estimate of drug-likeness (QED) is 0.0811. The highest BCUT2D eigenvalue weighted by Gasteiger charge is 2.37. The van der Waals surface area contributed by atoms with Gasteiger partial charge in [0, 0.05) is 0 Å². The molecule has 1 aliphatic heterocycles. The van der Waals surface area contributed by atoms with Crippen molar-refractivity contribution in [2.45, 2.75) is 171 Å². The fraction of sp³-hybridized carbons (Fsp3) is 0.711. The molecule has 0 aromatic heterocycles. The largest absolute Gasteiger partial charge is 0.466 e. The fourth-order valence-electron chi connectivity index (χ4n) is 9.40. The van der Waals surface area contributed by atoms with Crippen LogP contribution in [0, 0.1) is 35.5 Å². The standard InChI is InChI=1S/C45H62O10S2/c1-5-7-28-9-13-30(14-10-28)41(47)52-34-21-17-32(18-22-34)43(49)54-36-25-26-37(39-38(36)56-45(57-39)27(3)40(46)51-4)55-44(50)33-19-23-35(24-20-33)53-42(48)31-15-11-29(8-6-2)12-16-31/h25-26,28-35H,5-24H2,1-4H3. The normalized spacial score (nSPS) is 28.7. The van der Waals surface area contributed by atoms with E-state index in [1.165, 1.54) is 56.3 Å². The van der Waals surface area contributed by atoms with Gasteiger partial charge in [0.15, 0.2) is 0 Å². The van der Waals surface area contributed by atoms with E-state index in [1.54, 1.807) is 19.1 Å². The van der Waals surface area contributed by atoms with Crippen LogP contribution in [0.25, 0.3) is 0 Å². The zero-order chi connectivity index (χ0) is 40.5. The number of fused-ring (bicyclic) bond motifs is 1. The molecule has 314 valence electrons. The molecular weight excluding hydrogens is 765 g/mol. The summed E-state index contributed by atoms with van der Waals surface area (Å²) in [5.41, 5.74) is 0.405. The molecule has 0 unspecified atom stereocenters. The molecule has 4 fully saturated rings. The number of ether oxygens (including phenoxy) is 5. The average Bonchev–Trinajstić information content (AvgIpc) is 3.69. The Labute approximate surface area is 347 Å². The Hall–Kier alpha value is -2.99. The Kier molecular flexibility index (Phi) is 15.9. The lowest BCUT2D eigenvalue weighted by Gasteiger charge is -2.31. The monoisotopic (exact) mass is 826 g/mol. The van der Waals surface area contributed by atoms with Crippen LogP contribution in [-0.2, 0) is 38.2 Å². The predicted octanol–water partition coefficient (Wildman–Crippen LogP) is 10.5. The van der Waals surface area contributed by atoms with Gasteiger partial charge >= 0.3 is 29.8 Å². The molecule has 6 rings (SSSR count). The van der Waals surface area contributed by atoms with E-state index < -0.39 is 5.97 Å². The van der Waals surface area contributed by atoms with Crippen LogP contribution in [0.2, 0.25) is 0 Å². The topological polar surface area (TPSA) is 132 Å². The number of hydrogen-bond donors (Lipinski definition) is 0. The van der Waals surface area contributed by atoms with Crippen LogP contribution < -0.4 is 9.47 Å². The lowest BCUT2D eigenvalue weighted by molar-refractivity contribution is -0.159. The van der Waals surface area contributed by atoms with Gasteiger partial charge in [0.05, 0.1) is 50.4 Å². The van der Waals surface area contributed by atoms with Gasteiger partial charge in [-0.2, -0.15) is 0 Å². The molecule has 5 aliphatic rings. The molecule has 4 aliphatic carbocycles. The van der Waals surface area contributed by atoms with E-state index in [1.807, 2.05) is 0 Å². The van der Waals surface area contributed by atoms with Gasteiger partial charge in [0.2, 0.25) is 0 Å². The first-order valence-electron chi connectivity index (χ1n) is 21.7. The molecule has 10 nitrogen and oxygen atoms in total. The first-order chi connectivity index (χ1) is 27.6. The third kappa shape index (κ3) is 11.4. The Morgan fingerprint density at radius 1 is 0.544 bits per heavy atom. The summed E-state index contributed by atoms with van der Waals surface area (Å²) in [5.74, 6) is 0.0843. The van der Waals surface area contributed by atoms with Gasteiger partial charge in [-0.1, -0.05) is 63.1 Å². The van der Waals surface area contributed by atoms with Crippen molar-refractivity contribution in [3.8, 4) is 11.5 Å². The van der Waals surface area contributed by atoms with Crippen molar-refractivity contribution >= 4 is 53.4 Å². The molecule has 0 radical (unpaired) electrons. The zero-order valence-electron chi connectivity index (χ0n) is 34.3. The van der Waals surface area contributed by atoms with Crippen LogP contribution in [0.3, 0.4) is 0 Å². The van der Waals surface area contributed by atoms with Crippen LogP contribution in [0.15, 0.2) is 31.7 Å². The minimum Gasteiger partial charge on any atom is -0.466 e. The first-order valence-corrected chi connectivity index (χ1v) is 23.4. The second kappa shape index (κ2) is 20.8. The van der Waals surface area contributed by atoms with Gasteiger partial charge < -0.3 is 23.7 Å². The molecule has 57 heavy (non-hydrogen) atoms. The molecule has 0 bridgehead atoms. The number of hydrogen-bond acceptors (Lipinski definition) is 12. The Bertz CT molecular complexity index is 1520. The molecule has 0 amide bonds. The number of thioether (sulfide) groups is 2. The smallest absolute Gasteiger partial charge is 0.335 e. The van der Waals surface area contributed by atoms with Gasteiger partial charge in [0.1, 0.15) is 23.7 Å². The van der Waals surface area contributed by atoms with Crippen molar-refractivity contribution in [2.24, 2.45) is 35.5 Å². The number of methoxy groups -OCH3 is 1. The Balaban J connectivity index is 1.02. The van der Waals surface area contributed by atoms with Gasteiger partial charge in [0.25, 0.3) is 0 Å². The summed E-state index contributed by atoms with van der Waals surface area (Å²) < 4.78 is 29.6. The summed E-state index contributed by atoms with van der Waals surface area (Å²) >= 11 is 2.58. The third-order valence-corrected chi connectivity index (χ3v) is 15.8. The van der Waals surface area contributed by atoms with Gasteiger partial charge in [-0.15, -0.1) is 0 Å². The zero-order valence-corrected chi connectivity index (χ0v) is 35.9. The number of carbonyl (C=O) groups excluding carboxylic acids is 5. The molecule has 0 spiro atoms. The van der Waals surface area contributed by atoms with Crippen molar-refractivity contribution in [2.75, 3.05) is 7.11 Å². The maximum atomic E-state index is 13.5. The van der Waals surface area contributed by atoms with E-state index in [9.17, 15) is 24.0 Å². The fourth-order valence-corrected chi connectivity index (χ4v) is 12.0. The van der Waals surface area contributed by atoms with E-state index in [0.717, 1.165) is 63.2 Å². The lowest BCUT2D eigenvalue weighted by Crippen LogP contribution is -2.33. The summed E-state index contributed by atoms with van der Waals surface area (Å²) in [6, 6.07) is 3.30. The van der Waals surface area contributed by atoms with E-state index in [4.69, 9.17) is 23.7 Å². The molecule has 1 heterocycles. The average molecular weight is 827 g/mol. The van der Waals surface area contributed by atoms with Crippen LogP contribution in [-0.4, -0.2) is 49.2 Å². The van der Waals surface area contributed by atoms with Crippen molar-refractivity contribution in [3.63, 3.8) is 0 Å². The van der Waals surface area contributed by atoms with E-state index in [0.29, 0.717) is 82.5 Å². The highest BCUT2D eigenvalue weighted by Crippen LogP contribution is 2.59. The summed E-state index contributed by atoms with van der Waals surface area (Å²) in [7, 11) is 1.33. The lowest BCUT2D eigenvalue weighted by atomic mass is 9.80. The predicted molar refractivity (Wildman–Crippen MR) is 219 cm³/mol. The highest BCUT2D eigenvalue weighted by molar-refractivity contribution is 8.24. The molecule has 12 heteroatoms. The minimum atomic E-state index is -0.474. The SMILES string of the molecule is CCCC1CCC(C(=O)OC2CCC(C(=O)Oc3ccc(OC(=O)C4CCC(OC(=O)C5CCC(CCC)CC5)CC4)c4c3SC(=C(C)C(=O)OC)S4)CC2)CC1. The van der Waals surface area contributed by atoms with Gasteiger partial charge in [-0.25, -0.2) is 4.79 Å². The summed E-state index contributed by atoms with van der Waals surface area (Å²) in [6.45, 7) is 6.10. The van der Waals surface area contributed by atoms with Crippen molar-refractivity contribution in [1.82, 2.24) is 0 Å². The summed E-state index contributed by atoms with van der Waals surface area (Å²) in [4.78, 5) is 66.6. The van der Waals surface area contributed by atoms with Crippen molar-refractivity contribution < 1.29 is 47.7 Å².